The Morgan fingerprint density at radius 1 is 0.895 bits per heavy atom. The van der Waals surface area contributed by atoms with Gasteiger partial charge in [-0.15, -0.1) is 0 Å². The number of likely N-dealkylation sites (N-methyl/N-ethyl adjacent to an activating group) is 1. The molecule has 0 bridgehead atoms. The zero-order valence-electron chi connectivity index (χ0n) is 12.1. The molecule has 0 atom stereocenters. The number of ether oxygens (including phenoxy) is 3. The smallest absolute Gasteiger partial charge is 0.306 e. The van der Waals surface area contributed by atoms with Gasteiger partial charge in [0, 0.05) is 13.7 Å². The average molecular weight is 275 g/mol. The highest BCUT2D eigenvalue weighted by molar-refractivity contribution is 5.77. The molecule has 0 fully saturated rings. The van der Waals surface area contributed by atoms with Crippen molar-refractivity contribution in [3.8, 4) is 0 Å². The van der Waals surface area contributed by atoms with Gasteiger partial charge in [-0.05, 0) is 13.1 Å². The molecule has 6 heteroatoms. The van der Waals surface area contributed by atoms with Crippen LogP contribution in [0.1, 0.15) is 26.7 Å². The van der Waals surface area contributed by atoms with Crippen LogP contribution in [-0.2, 0) is 23.8 Å². The summed E-state index contributed by atoms with van der Waals surface area (Å²) in [6.45, 7) is 7.63. The lowest BCUT2D eigenvalue weighted by Gasteiger charge is -2.17. The van der Waals surface area contributed by atoms with Gasteiger partial charge in [-0.25, -0.2) is 0 Å². The molecule has 0 amide bonds. The van der Waals surface area contributed by atoms with E-state index in [1.165, 1.54) is 7.11 Å². The van der Waals surface area contributed by atoms with E-state index in [4.69, 9.17) is 14.2 Å². The van der Waals surface area contributed by atoms with Gasteiger partial charge >= 0.3 is 11.9 Å². The summed E-state index contributed by atoms with van der Waals surface area (Å²) in [6.07, 6.45) is 0.109. The molecule has 0 saturated carbocycles. The van der Waals surface area contributed by atoms with Gasteiger partial charge in [0.25, 0.3) is 0 Å². The lowest BCUT2D eigenvalue weighted by atomic mass is 10.3. The van der Waals surface area contributed by atoms with Crippen molar-refractivity contribution in [3.05, 3.63) is 0 Å². The second kappa shape index (κ2) is 11.9. The lowest BCUT2D eigenvalue weighted by Crippen LogP contribution is -2.28. The molecule has 0 aliphatic carbocycles. The zero-order valence-corrected chi connectivity index (χ0v) is 12.1. The minimum Gasteiger partial charge on any atom is -0.464 e. The van der Waals surface area contributed by atoms with Crippen molar-refractivity contribution in [1.29, 1.82) is 0 Å². The number of carbonyl (C=O) groups is 2. The van der Waals surface area contributed by atoms with E-state index in [9.17, 15) is 9.59 Å². The SMILES string of the molecule is CCN(CC)CCOC(=O)CCC(=O)OCCOC. The molecule has 0 aromatic carbocycles. The Hall–Kier alpha value is -1.14. The average Bonchev–Trinajstić information content (AvgIpc) is 2.41. The Morgan fingerprint density at radius 2 is 1.42 bits per heavy atom. The summed E-state index contributed by atoms with van der Waals surface area (Å²) in [5.41, 5.74) is 0. The van der Waals surface area contributed by atoms with Crippen LogP contribution in [0.4, 0.5) is 0 Å². The van der Waals surface area contributed by atoms with Gasteiger partial charge in [0.2, 0.25) is 0 Å². The number of nitrogens with zero attached hydrogens (tertiary/aromatic N) is 1. The maximum absolute atomic E-state index is 11.4. The first-order valence-corrected chi connectivity index (χ1v) is 6.66. The van der Waals surface area contributed by atoms with Crippen molar-refractivity contribution in [3.63, 3.8) is 0 Å². The van der Waals surface area contributed by atoms with E-state index in [0.29, 0.717) is 13.2 Å². The maximum Gasteiger partial charge on any atom is 0.306 e. The molecule has 0 N–H and O–H groups in total. The number of methoxy groups -OCH3 is 1. The summed E-state index contributed by atoms with van der Waals surface area (Å²) in [4.78, 5) is 24.7. The molecular formula is C13H25NO5. The van der Waals surface area contributed by atoms with E-state index in [2.05, 4.69) is 18.7 Å². The van der Waals surface area contributed by atoms with Crippen molar-refractivity contribution >= 4 is 11.9 Å². The van der Waals surface area contributed by atoms with Crippen LogP contribution >= 0.6 is 0 Å². The van der Waals surface area contributed by atoms with Crippen molar-refractivity contribution < 1.29 is 23.8 Å². The zero-order chi connectivity index (χ0) is 14.5. The first-order valence-electron chi connectivity index (χ1n) is 6.66. The fourth-order valence-electron chi connectivity index (χ4n) is 1.42. The summed E-state index contributed by atoms with van der Waals surface area (Å²) in [5, 5.41) is 0. The highest BCUT2D eigenvalue weighted by atomic mass is 16.6. The summed E-state index contributed by atoms with van der Waals surface area (Å²) in [7, 11) is 1.53. The highest BCUT2D eigenvalue weighted by Crippen LogP contribution is 1.97. The van der Waals surface area contributed by atoms with Crippen LogP contribution in [0.3, 0.4) is 0 Å². The minimum absolute atomic E-state index is 0.0494. The predicted octanol–water partition coefficient (Wildman–Crippen LogP) is 0.841. The molecular weight excluding hydrogens is 250 g/mol. The Morgan fingerprint density at radius 3 is 1.89 bits per heavy atom. The van der Waals surface area contributed by atoms with Gasteiger partial charge in [-0.3, -0.25) is 9.59 Å². The Bertz CT molecular complexity index is 253. The number of rotatable bonds is 11. The Kier molecular flexibility index (Phi) is 11.2. The van der Waals surface area contributed by atoms with Crippen LogP contribution in [0.15, 0.2) is 0 Å². The maximum atomic E-state index is 11.4. The predicted molar refractivity (Wildman–Crippen MR) is 70.8 cm³/mol. The van der Waals surface area contributed by atoms with Gasteiger partial charge in [0.1, 0.15) is 13.2 Å². The quantitative estimate of drug-likeness (QED) is 0.411. The van der Waals surface area contributed by atoms with Crippen LogP contribution in [0.2, 0.25) is 0 Å². The summed E-state index contributed by atoms with van der Waals surface area (Å²) in [5.74, 6) is -0.770. The van der Waals surface area contributed by atoms with Crippen LogP contribution in [0.5, 0.6) is 0 Å². The third-order valence-electron chi connectivity index (χ3n) is 2.65. The minimum atomic E-state index is -0.405. The van der Waals surface area contributed by atoms with Crippen molar-refractivity contribution in [1.82, 2.24) is 4.90 Å². The lowest BCUT2D eigenvalue weighted by molar-refractivity contribution is -0.151. The van der Waals surface area contributed by atoms with Crippen LogP contribution < -0.4 is 0 Å². The van der Waals surface area contributed by atoms with Crippen LogP contribution in [0, 0.1) is 0 Å². The van der Waals surface area contributed by atoms with Gasteiger partial charge in [0.05, 0.1) is 19.4 Å². The standard InChI is InChI=1S/C13H25NO5/c1-4-14(5-2)8-9-18-12(15)6-7-13(16)19-11-10-17-3/h4-11H2,1-3H3. The van der Waals surface area contributed by atoms with Crippen molar-refractivity contribution in [2.75, 3.05) is 46.6 Å². The van der Waals surface area contributed by atoms with E-state index < -0.39 is 5.97 Å². The van der Waals surface area contributed by atoms with Gasteiger partial charge in [0.15, 0.2) is 0 Å². The van der Waals surface area contributed by atoms with Gasteiger partial charge in [-0.2, -0.15) is 0 Å². The number of carbonyl (C=O) groups excluding carboxylic acids is 2. The third-order valence-corrected chi connectivity index (χ3v) is 2.65. The Labute approximate surface area is 115 Å². The monoisotopic (exact) mass is 275 g/mol. The van der Waals surface area contributed by atoms with Gasteiger partial charge < -0.3 is 19.1 Å². The Balaban J connectivity index is 3.55. The highest BCUT2D eigenvalue weighted by Gasteiger charge is 2.09. The molecule has 0 saturated heterocycles. The molecule has 0 aliphatic heterocycles. The van der Waals surface area contributed by atoms with Crippen molar-refractivity contribution in [2.24, 2.45) is 0 Å². The fourth-order valence-corrected chi connectivity index (χ4v) is 1.42. The molecule has 0 aliphatic rings. The molecule has 0 spiro atoms. The fraction of sp³-hybridized carbons (Fsp3) is 0.846. The molecule has 0 aromatic rings. The van der Waals surface area contributed by atoms with Crippen LogP contribution in [0.25, 0.3) is 0 Å². The summed E-state index contributed by atoms with van der Waals surface area (Å²) < 4.78 is 14.6. The molecule has 0 rings (SSSR count). The molecule has 112 valence electrons. The van der Waals surface area contributed by atoms with E-state index >= 15 is 0 Å². The summed E-state index contributed by atoms with van der Waals surface area (Å²) in [6, 6.07) is 0. The van der Waals surface area contributed by atoms with E-state index in [-0.39, 0.29) is 25.4 Å². The molecule has 6 nitrogen and oxygen atoms in total. The van der Waals surface area contributed by atoms with Crippen molar-refractivity contribution in [2.45, 2.75) is 26.7 Å². The topological polar surface area (TPSA) is 65.1 Å². The number of esters is 2. The van der Waals surface area contributed by atoms with E-state index in [0.717, 1.165) is 19.6 Å². The number of hydrogen-bond acceptors (Lipinski definition) is 6. The molecule has 0 aromatic heterocycles. The molecule has 19 heavy (non-hydrogen) atoms. The first kappa shape index (κ1) is 17.9. The largest absolute Gasteiger partial charge is 0.464 e. The molecule has 0 radical (unpaired) electrons. The second-order valence-corrected chi connectivity index (χ2v) is 3.96. The molecule has 0 heterocycles. The number of hydrogen-bond donors (Lipinski definition) is 0. The second-order valence-electron chi connectivity index (χ2n) is 3.96. The van der Waals surface area contributed by atoms with E-state index in [1.54, 1.807) is 0 Å². The van der Waals surface area contributed by atoms with Crippen LogP contribution in [-0.4, -0.2) is 63.4 Å². The van der Waals surface area contributed by atoms with Gasteiger partial charge in [-0.1, -0.05) is 13.8 Å². The molecule has 0 unspecified atom stereocenters. The third kappa shape index (κ3) is 10.5. The first-order chi connectivity index (χ1) is 9.13. The van der Waals surface area contributed by atoms with E-state index in [1.807, 2.05) is 0 Å². The normalized spacial score (nSPS) is 10.5. The summed E-state index contributed by atoms with van der Waals surface area (Å²) >= 11 is 0.